The molecule has 0 fully saturated rings. The first-order valence-electron chi connectivity index (χ1n) is 10.4. The van der Waals surface area contributed by atoms with Crippen LogP contribution in [-0.2, 0) is 11.3 Å². The predicted molar refractivity (Wildman–Crippen MR) is 121 cm³/mol. The maximum absolute atomic E-state index is 13.2. The Morgan fingerprint density at radius 1 is 1.17 bits per heavy atom. The number of hydrogen-bond donors (Lipinski definition) is 3. The Balaban J connectivity index is 1.61. The van der Waals surface area contributed by atoms with Crippen LogP contribution in [-0.4, -0.2) is 47.2 Å². The van der Waals surface area contributed by atoms with Gasteiger partial charge in [0, 0.05) is 24.2 Å². The Hall–Kier alpha value is -4.58. The van der Waals surface area contributed by atoms with E-state index in [1.807, 2.05) is 0 Å². The average molecular weight is 480 g/mol. The lowest BCUT2D eigenvalue weighted by Gasteiger charge is -2.15. The van der Waals surface area contributed by atoms with Crippen LogP contribution in [0, 0.1) is 0 Å². The van der Waals surface area contributed by atoms with Crippen LogP contribution in [0.15, 0.2) is 67.3 Å². The molecule has 1 atom stereocenters. The number of benzene rings is 2. The molecule has 178 valence electrons. The van der Waals surface area contributed by atoms with Crippen molar-refractivity contribution in [3.63, 3.8) is 0 Å². The Bertz CT molecular complexity index is 1530. The fourth-order valence-corrected chi connectivity index (χ4v) is 3.81. The monoisotopic (exact) mass is 480 g/mol. The normalized spacial score (nSPS) is 12.3. The number of hydrogen-bond acceptors (Lipinski definition) is 7. The molecule has 5 aromatic rings. The Morgan fingerprint density at radius 3 is 2.69 bits per heavy atom. The first-order valence-corrected chi connectivity index (χ1v) is 10.4. The molecule has 0 saturated heterocycles. The van der Waals surface area contributed by atoms with Crippen LogP contribution in [0.25, 0.3) is 27.7 Å². The third-order valence-corrected chi connectivity index (χ3v) is 5.27. The van der Waals surface area contributed by atoms with Crippen LogP contribution in [0.3, 0.4) is 0 Å². The maximum atomic E-state index is 13.2. The van der Waals surface area contributed by atoms with Crippen molar-refractivity contribution in [1.29, 1.82) is 0 Å². The number of carbonyl (C=O) groups is 1. The quantitative estimate of drug-likeness (QED) is 0.288. The summed E-state index contributed by atoms with van der Waals surface area (Å²) in [5.74, 6) is -1.30. The van der Waals surface area contributed by atoms with Crippen molar-refractivity contribution in [2.45, 2.75) is 19.4 Å². The van der Waals surface area contributed by atoms with Gasteiger partial charge in [-0.25, -0.2) is 9.50 Å². The van der Waals surface area contributed by atoms with Crippen molar-refractivity contribution in [2.24, 2.45) is 0 Å². The second-order valence-electron chi connectivity index (χ2n) is 7.59. The molecule has 3 aromatic heterocycles. The third kappa shape index (κ3) is 4.46. The molecule has 3 N–H and O–H groups in total. The van der Waals surface area contributed by atoms with Gasteiger partial charge in [-0.1, -0.05) is 24.3 Å². The molecule has 0 spiro atoms. The second kappa shape index (κ2) is 8.99. The van der Waals surface area contributed by atoms with Crippen LogP contribution >= 0.6 is 0 Å². The number of alkyl halides is 2. The number of aromatic nitrogens is 5. The van der Waals surface area contributed by atoms with E-state index in [1.165, 1.54) is 23.0 Å². The molecular formula is C23H18F2N6O4. The SMILES string of the molecule is O=C(O)Cn1cc(NC(O)c2cnn3cccnc23)c(-c2cc3ccccc3cc2OC(F)F)n1. The van der Waals surface area contributed by atoms with Gasteiger partial charge in [-0.15, -0.1) is 0 Å². The van der Waals surface area contributed by atoms with Gasteiger partial charge in [-0.3, -0.25) is 9.48 Å². The summed E-state index contributed by atoms with van der Waals surface area (Å²) in [6.07, 6.45) is 4.70. The lowest BCUT2D eigenvalue weighted by Crippen LogP contribution is -2.10. The maximum Gasteiger partial charge on any atom is 0.387 e. The fraction of sp³-hybridized carbons (Fsp3) is 0.130. The van der Waals surface area contributed by atoms with Crippen LogP contribution in [0.2, 0.25) is 0 Å². The summed E-state index contributed by atoms with van der Waals surface area (Å²) in [4.78, 5) is 15.5. The molecule has 0 aliphatic rings. The number of halogens is 2. The van der Waals surface area contributed by atoms with Crippen molar-refractivity contribution >= 4 is 28.1 Å². The second-order valence-corrected chi connectivity index (χ2v) is 7.59. The summed E-state index contributed by atoms with van der Waals surface area (Å²) in [6.45, 7) is -3.58. The molecule has 12 heteroatoms. The predicted octanol–water partition coefficient (Wildman–Crippen LogP) is 3.54. The standard InChI is InChI=1S/C23H18F2N6O4/c24-23(25)35-18-9-14-5-2-1-4-13(14)8-15(18)20-17(11-30(29-20)12-19(32)33)28-22(34)16-10-27-31-7-3-6-26-21(16)31/h1-11,22-23,28,34H,12H2,(H,32,33). The van der Waals surface area contributed by atoms with E-state index in [9.17, 15) is 23.8 Å². The summed E-state index contributed by atoms with van der Waals surface area (Å²) in [5, 5.41) is 32.8. The molecule has 0 aliphatic carbocycles. The number of carboxylic acids is 1. The Kier molecular flexibility index (Phi) is 5.71. The van der Waals surface area contributed by atoms with E-state index in [2.05, 4.69) is 20.5 Å². The molecular weight excluding hydrogens is 462 g/mol. The number of ether oxygens (including phenoxy) is 1. The molecule has 0 saturated carbocycles. The van der Waals surface area contributed by atoms with Gasteiger partial charge in [-0.2, -0.15) is 19.0 Å². The van der Waals surface area contributed by atoms with Crippen molar-refractivity contribution in [1.82, 2.24) is 24.4 Å². The van der Waals surface area contributed by atoms with Gasteiger partial charge in [0.25, 0.3) is 0 Å². The minimum Gasteiger partial charge on any atom is -0.480 e. The van der Waals surface area contributed by atoms with Crippen LogP contribution in [0.4, 0.5) is 14.5 Å². The van der Waals surface area contributed by atoms with Gasteiger partial charge < -0.3 is 20.3 Å². The highest BCUT2D eigenvalue weighted by atomic mass is 19.3. The number of aliphatic hydroxyl groups excluding tert-OH is 1. The number of anilines is 1. The van der Waals surface area contributed by atoms with E-state index in [1.54, 1.807) is 48.8 Å². The largest absolute Gasteiger partial charge is 0.480 e. The van der Waals surface area contributed by atoms with Gasteiger partial charge in [0.2, 0.25) is 0 Å². The number of rotatable bonds is 8. The molecule has 10 nitrogen and oxygen atoms in total. The summed E-state index contributed by atoms with van der Waals surface area (Å²) >= 11 is 0. The smallest absolute Gasteiger partial charge is 0.387 e. The van der Waals surface area contributed by atoms with Gasteiger partial charge in [0.1, 0.15) is 18.0 Å². The summed E-state index contributed by atoms with van der Waals surface area (Å²) in [7, 11) is 0. The van der Waals surface area contributed by atoms with Crippen molar-refractivity contribution in [3.05, 3.63) is 72.8 Å². The number of carboxylic acid groups (broad SMARTS) is 1. The zero-order valence-electron chi connectivity index (χ0n) is 17.9. The van der Waals surface area contributed by atoms with Crippen LogP contribution in [0.5, 0.6) is 5.75 Å². The molecule has 3 heterocycles. The molecule has 0 radical (unpaired) electrons. The van der Waals surface area contributed by atoms with E-state index in [4.69, 9.17) is 4.74 Å². The number of aliphatic hydroxyl groups is 1. The van der Waals surface area contributed by atoms with E-state index in [0.717, 1.165) is 10.1 Å². The van der Waals surface area contributed by atoms with Crippen molar-refractivity contribution < 1.29 is 28.5 Å². The molecule has 0 aliphatic heterocycles. The molecule has 0 bridgehead atoms. The highest BCUT2D eigenvalue weighted by Crippen LogP contribution is 2.39. The number of fused-ring (bicyclic) bond motifs is 2. The highest BCUT2D eigenvalue weighted by molar-refractivity contribution is 5.92. The Labute approximate surface area is 196 Å². The zero-order valence-corrected chi connectivity index (χ0v) is 17.9. The summed E-state index contributed by atoms with van der Waals surface area (Å²) in [5.41, 5.74) is 1.27. The third-order valence-electron chi connectivity index (χ3n) is 5.27. The van der Waals surface area contributed by atoms with Crippen molar-refractivity contribution in [3.8, 4) is 17.0 Å². The fourth-order valence-electron chi connectivity index (χ4n) is 3.81. The molecule has 0 amide bonds. The van der Waals surface area contributed by atoms with E-state index in [0.29, 0.717) is 16.6 Å². The molecule has 1 unspecified atom stereocenters. The first kappa shape index (κ1) is 22.2. The van der Waals surface area contributed by atoms with Crippen LogP contribution in [0.1, 0.15) is 11.8 Å². The van der Waals surface area contributed by atoms with Gasteiger partial charge in [0.15, 0.2) is 11.9 Å². The van der Waals surface area contributed by atoms with Gasteiger partial charge >= 0.3 is 12.6 Å². The van der Waals surface area contributed by atoms with E-state index in [-0.39, 0.29) is 22.7 Å². The van der Waals surface area contributed by atoms with Crippen molar-refractivity contribution in [2.75, 3.05) is 5.32 Å². The number of aliphatic carboxylic acids is 1. The van der Waals surface area contributed by atoms with E-state index >= 15 is 0 Å². The summed E-state index contributed by atoms with van der Waals surface area (Å²) < 4.78 is 33.9. The number of nitrogens with one attached hydrogen (secondary N) is 1. The van der Waals surface area contributed by atoms with E-state index < -0.39 is 25.4 Å². The van der Waals surface area contributed by atoms with Gasteiger partial charge in [-0.05, 0) is 29.0 Å². The minimum atomic E-state index is -3.09. The average Bonchev–Trinajstić information content (AvgIpc) is 3.42. The summed E-state index contributed by atoms with van der Waals surface area (Å²) in [6, 6.07) is 11.9. The van der Waals surface area contributed by atoms with Crippen LogP contribution < -0.4 is 10.1 Å². The van der Waals surface area contributed by atoms with Gasteiger partial charge in [0.05, 0.1) is 17.4 Å². The lowest BCUT2D eigenvalue weighted by molar-refractivity contribution is -0.137. The minimum absolute atomic E-state index is 0.121. The molecule has 35 heavy (non-hydrogen) atoms. The highest BCUT2D eigenvalue weighted by Gasteiger charge is 2.23. The Morgan fingerprint density at radius 2 is 1.94 bits per heavy atom. The first-order chi connectivity index (χ1) is 16.9. The molecule has 2 aromatic carbocycles. The zero-order chi connectivity index (χ0) is 24.5. The number of nitrogens with zero attached hydrogens (tertiary/aromatic N) is 5. The molecule has 5 rings (SSSR count). The topological polar surface area (TPSA) is 127 Å². The lowest BCUT2D eigenvalue weighted by atomic mass is 10.0.